The third kappa shape index (κ3) is 9.88. The van der Waals surface area contributed by atoms with Crippen molar-refractivity contribution >= 4 is 39.5 Å². The molecule has 1 aromatic heterocycles. The molecule has 3 amide bonds. The summed E-state index contributed by atoms with van der Waals surface area (Å²) in [7, 11) is -4.06. The minimum atomic E-state index is -4.06. The van der Waals surface area contributed by atoms with Crippen LogP contribution in [0.3, 0.4) is 0 Å². The van der Waals surface area contributed by atoms with Crippen LogP contribution < -0.4 is 11.1 Å². The van der Waals surface area contributed by atoms with Crippen molar-refractivity contribution in [1.82, 2.24) is 24.4 Å². The number of hydrogen-bond donors (Lipinski definition) is 4. The van der Waals surface area contributed by atoms with Crippen LogP contribution in [-0.4, -0.2) is 100 Å². The lowest BCUT2D eigenvalue weighted by atomic mass is 9.95. The van der Waals surface area contributed by atoms with Gasteiger partial charge in [-0.05, 0) is 41.5 Å². The summed E-state index contributed by atoms with van der Waals surface area (Å²) < 4.78 is 29.0. The molecule has 0 aliphatic carbocycles. The van der Waals surface area contributed by atoms with Crippen molar-refractivity contribution in [3.05, 3.63) is 81.8 Å². The Kier molecular flexibility index (Phi) is 13.9. The van der Waals surface area contributed by atoms with E-state index in [0.29, 0.717) is 38.2 Å². The largest absolute Gasteiger partial charge is 0.411 e. The highest BCUT2D eigenvalue weighted by molar-refractivity contribution is 7.89. The maximum absolute atomic E-state index is 14.2. The van der Waals surface area contributed by atoms with Crippen molar-refractivity contribution < 1.29 is 28.3 Å². The van der Waals surface area contributed by atoms with Gasteiger partial charge in [-0.2, -0.15) is 4.31 Å². The fourth-order valence-electron chi connectivity index (χ4n) is 6.02. The number of aliphatic hydroxyl groups is 1. The Bertz CT molecular complexity index is 1680. The first-order valence-electron chi connectivity index (χ1n) is 16.9. The second kappa shape index (κ2) is 17.9. The molecular formula is C35H49N7O6S2. The van der Waals surface area contributed by atoms with Crippen LogP contribution in [0, 0.1) is 11.8 Å². The Labute approximate surface area is 298 Å². The normalized spacial score (nSPS) is 16.4. The second-order valence-corrected chi connectivity index (χ2v) is 15.9. The first kappa shape index (κ1) is 38.9. The Morgan fingerprint density at radius 2 is 1.82 bits per heavy atom. The van der Waals surface area contributed by atoms with Crippen LogP contribution in [0.4, 0.5) is 4.79 Å². The number of sulfonamides is 1. The highest BCUT2D eigenvalue weighted by atomic mass is 32.2. The fourth-order valence-corrected chi connectivity index (χ4v) is 8.31. The average Bonchev–Trinajstić information content (AvgIpc) is 3.70. The van der Waals surface area contributed by atoms with Gasteiger partial charge >= 0.3 is 6.03 Å². The number of carbonyl (C=O) groups excluding carboxylic acids is 2. The molecule has 3 aromatic rings. The third-order valence-corrected chi connectivity index (χ3v) is 11.6. The quantitative estimate of drug-likeness (QED) is 0.0873. The van der Waals surface area contributed by atoms with Gasteiger partial charge in [0.1, 0.15) is 11.0 Å². The number of benzene rings is 2. The van der Waals surface area contributed by atoms with Crippen molar-refractivity contribution in [2.75, 3.05) is 26.2 Å². The van der Waals surface area contributed by atoms with E-state index in [1.54, 1.807) is 9.80 Å². The Balaban J connectivity index is 1.58. The van der Waals surface area contributed by atoms with Gasteiger partial charge in [0.15, 0.2) is 0 Å². The zero-order valence-corrected chi connectivity index (χ0v) is 30.7. The molecule has 272 valence electrons. The number of oxime groups is 1. The van der Waals surface area contributed by atoms with Crippen LogP contribution in [0.25, 0.3) is 0 Å². The lowest BCUT2D eigenvalue weighted by Gasteiger charge is -2.35. The van der Waals surface area contributed by atoms with Crippen molar-refractivity contribution in [3.8, 4) is 0 Å². The van der Waals surface area contributed by atoms with Crippen LogP contribution >= 0.6 is 11.3 Å². The number of nitrogens with two attached hydrogens (primary N) is 1. The van der Waals surface area contributed by atoms with Crippen LogP contribution in [0.5, 0.6) is 0 Å². The van der Waals surface area contributed by atoms with Gasteiger partial charge in [0.05, 0.1) is 35.5 Å². The lowest BCUT2D eigenvalue weighted by molar-refractivity contribution is -0.128. The van der Waals surface area contributed by atoms with E-state index < -0.39 is 34.1 Å². The fraction of sp³-hybridized carbons (Fsp3) is 0.486. The molecule has 0 radical (unpaired) electrons. The maximum Gasteiger partial charge on any atom is 0.321 e. The van der Waals surface area contributed by atoms with Gasteiger partial charge in [-0.1, -0.05) is 81.7 Å². The van der Waals surface area contributed by atoms with Gasteiger partial charge in [-0.25, -0.2) is 18.2 Å². The molecule has 15 heteroatoms. The Morgan fingerprint density at radius 1 is 1.12 bits per heavy atom. The number of nitrogens with one attached hydrogen (secondary N) is 1. The molecule has 13 nitrogen and oxygen atoms in total. The summed E-state index contributed by atoms with van der Waals surface area (Å²) in [6.45, 7) is 8.93. The molecule has 5 N–H and O–H groups in total. The zero-order valence-electron chi connectivity index (χ0n) is 29.1. The minimum Gasteiger partial charge on any atom is -0.411 e. The van der Waals surface area contributed by atoms with E-state index in [-0.39, 0.29) is 42.3 Å². The summed E-state index contributed by atoms with van der Waals surface area (Å²) in [6, 6.07) is 13.3. The summed E-state index contributed by atoms with van der Waals surface area (Å²) in [5, 5.41) is 29.3. The summed E-state index contributed by atoms with van der Waals surface area (Å²) in [4.78, 5) is 35.7. The molecule has 0 bridgehead atoms. The van der Waals surface area contributed by atoms with E-state index in [1.807, 2.05) is 63.4 Å². The number of rotatable bonds is 18. The predicted octanol–water partition coefficient (Wildman–Crippen LogP) is 3.50. The number of aromatic nitrogens is 1. The monoisotopic (exact) mass is 727 g/mol. The lowest BCUT2D eigenvalue weighted by Crippen LogP contribution is -2.57. The molecule has 0 saturated carbocycles. The summed E-state index contributed by atoms with van der Waals surface area (Å²) in [5.74, 6) is -0.675. The highest BCUT2D eigenvalue weighted by Crippen LogP contribution is 2.24. The molecule has 1 aliphatic heterocycles. The van der Waals surface area contributed by atoms with Crippen LogP contribution in [0.1, 0.15) is 55.9 Å². The zero-order chi connectivity index (χ0) is 36.4. The molecule has 50 heavy (non-hydrogen) atoms. The first-order chi connectivity index (χ1) is 23.9. The van der Waals surface area contributed by atoms with Gasteiger partial charge in [0.2, 0.25) is 15.9 Å². The smallest absolute Gasteiger partial charge is 0.321 e. The number of hydrogen-bond acceptors (Lipinski definition) is 10. The SMILES string of the molecule is CC[C@H](C)[C@@H](C(=O)N[C@@H](Cc1ccccc1)[C@@H](O)CN(CC(C)C)S(=O)(=O)c1ccc(C=NO)cc1)N1CCN(Cc2csc(CN)n2)C1=O. The molecule has 1 saturated heterocycles. The molecule has 4 atom stereocenters. The third-order valence-electron chi connectivity index (χ3n) is 8.82. The van der Waals surface area contributed by atoms with Gasteiger partial charge in [-0.3, -0.25) is 4.79 Å². The number of amides is 3. The molecule has 2 aromatic carbocycles. The van der Waals surface area contributed by atoms with E-state index in [4.69, 9.17) is 10.9 Å². The molecular weight excluding hydrogens is 679 g/mol. The second-order valence-electron chi connectivity index (χ2n) is 13.1. The number of urea groups is 1. The Hall–Kier alpha value is -3.89. The van der Waals surface area contributed by atoms with E-state index >= 15 is 0 Å². The molecule has 0 unspecified atom stereocenters. The molecule has 0 spiro atoms. The number of thiazole rings is 1. The standard InChI is InChI=1S/C35H49N7O6S2/c1-5-25(4)33(42-16-15-40(35(42)45)21-28-23-49-32(18-36)38-28)34(44)39-30(17-26-9-7-6-8-10-26)31(43)22-41(20-24(2)3)50(47,48)29-13-11-27(12-14-29)19-37-46/h6-14,19,23-25,30-31,33,43,46H,5,15-18,20-22,36H2,1-4H3,(H,39,44)/t25-,30-,31-,33-/m0/s1. The number of nitrogens with zero attached hydrogens (tertiary/aromatic N) is 5. The van der Waals surface area contributed by atoms with Gasteiger partial charge in [0, 0.05) is 38.1 Å². The van der Waals surface area contributed by atoms with Crippen molar-refractivity contribution in [2.24, 2.45) is 22.7 Å². The van der Waals surface area contributed by atoms with Gasteiger partial charge < -0.3 is 31.2 Å². The van der Waals surface area contributed by atoms with Gasteiger partial charge in [0.25, 0.3) is 0 Å². The molecule has 2 heterocycles. The van der Waals surface area contributed by atoms with E-state index in [9.17, 15) is 23.1 Å². The number of carbonyl (C=O) groups is 2. The molecule has 1 fully saturated rings. The van der Waals surface area contributed by atoms with Crippen molar-refractivity contribution in [2.45, 2.75) is 76.7 Å². The van der Waals surface area contributed by atoms with Crippen molar-refractivity contribution in [1.29, 1.82) is 0 Å². The van der Waals surface area contributed by atoms with Crippen LogP contribution in [-0.2, 0) is 34.3 Å². The number of aliphatic hydroxyl groups excluding tert-OH is 1. The Morgan fingerprint density at radius 3 is 2.42 bits per heavy atom. The van der Waals surface area contributed by atoms with Gasteiger partial charge in [-0.15, -0.1) is 11.3 Å². The molecule has 1 aliphatic rings. The maximum atomic E-state index is 14.2. The minimum absolute atomic E-state index is 0.0231. The average molecular weight is 728 g/mol. The summed E-state index contributed by atoms with van der Waals surface area (Å²) >= 11 is 1.44. The predicted molar refractivity (Wildman–Crippen MR) is 193 cm³/mol. The molecule has 4 rings (SSSR count). The summed E-state index contributed by atoms with van der Waals surface area (Å²) in [6.07, 6.45) is 0.766. The van der Waals surface area contributed by atoms with Crippen molar-refractivity contribution in [3.63, 3.8) is 0 Å². The van der Waals surface area contributed by atoms with E-state index in [1.165, 1.54) is 46.1 Å². The van der Waals surface area contributed by atoms with Crippen LogP contribution in [0.2, 0.25) is 0 Å². The topological polar surface area (TPSA) is 182 Å². The van der Waals surface area contributed by atoms with Crippen LogP contribution in [0.15, 0.2) is 70.0 Å². The first-order valence-corrected chi connectivity index (χ1v) is 19.2. The van der Waals surface area contributed by atoms with E-state index in [0.717, 1.165) is 16.3 Å². The highest BCUT2D eigenvalue weighted by Gasteiger charge is 2.41. The summed E-state index contributed by atoms with van der Waals surface area (Å²) in [5.41, 5.74) is 7.83. The van der Waals surface area contributed by atoms with E-state index in [2.05, 4.69) is 15.5 Å².